The molecule has 0 saturated carbocycles. The maximum atomic E-state index is 10.7. The summed E-state index contributed by atoms with van der Waals surface area (Å²) < 4.78 is 0. The zero-order valence-corrected chi connectivity index (χ0v) is 9.57. The highest BCUT2D eigenvalue weighted by Crippen LogP contribution is 2.12. The van der Waals surface area contributed by atoms with Gasteiger partial charge in [-0.1, -0.05) is 12.1 Å². The van der Waals surface area contributed by atoms with Gasteiger partial charge in [-0.25, -0.2) is 4.79 Å². The summed E-state index contributed by atoms with van der Waals surface area (Å²) in [4.78, 5) is 15.1. The van der Waals surface area contributed by atoms with E-state index in [1.165, 1.54) is 0 Å². The molecular weight excluding hydrogens is 216 g/mol. The molecule has 4 N–H and O–H groups in total. The van der Waals surface area contributed by atoms with Crippen LogP contribution in [0.5, 0.6) is 0 Å². The molecule has 1 aliphatic heterocycles. The second-order valence-corrected chi connectivity index (χ2v) is 3.94. The lowest BCUT2D eigenvalue weighted by molar-refractivity contribution is 0.259. The first-order valence-corrected chi connectivity index (χ1v) is 5.66. The fraction of sp³-hybridized carbons (Fsp3) is 0.333. The molecule has 0 saturated heterocycles. The standard InChI is InChI=1S/C12H16N4O/c13-12(17)16-10-3-1-2-9(8-10)4-5-11-14-6-7-15-11/h1-3,8H,4-7H2,(H,14,15)(H3,13,16,17). The quantitative estimate of drug-likeness (QED) is 0.727. The van der Waals surface area contributed by atoms with Crippen molar-refractivity contribution in [3.8, 4) is 0 Å². The van der Waals surface area contributed by atoms with Gasteiger partial charge >= 0.3 is 6.03 Å². The molecule has 1 aromatic rings. The molecule has 1 aromatic carbocycles. The number of aliphatic imine (C=N–C) groups is 1. The highest BCUT2D eigenvalue weighted by molar-refractivity contribution is 5.88. The molecule has 0 unspecified atom stereocenters. The van der Waals surface area contributed by atoms with Gasteiger partial charge in [0.15, 0.2) is 0 Å². The number of urea groups is 1. The summed E-state index contributed by atoms with van der Waals surface area (Å²) in [5.41, 5.74) is 6.96. The van der Waals surface area contributed by atoms with E-state index in [0.717, 1.165) is 43.0 Å². The van der Waals surface area contributed by atoms with Gasteiger partial charge in [-0.15, -0.1) is 0 Å². The highest BCUT2D eigenvalue weighted by atomic mass is 16.2. The van der Waals surface area contributed by atoms with Crippen LogP contribution in [0.15, 0.2) is 29.3 Å². The number of aryl methyl sites for hydroxylation is 1. The maximum Gasteiger partial charge on any atom is 0.316 e. The van der Waals surface area contributed by atoms with Crippen molar-refractivity contribution in [2.24, 2.45) is 10.7 Å². The Labute approximate surface area is 100 Å². The molecule has 0 aliphatic carbocycles. The number of primary amides is 1. The molecule has 17 heavy (non-hydrogen) atoms. The highest BCUT2D eigenvalue weighted by Gasteiger charge is 2.05. The summed E-state index contributed by atoms with van der Waals surface area (Å²) in [6, 6.07) is 7.15. The predicted molar refractivity (Wildman–Crippen MR) is 68.3 cm³/mol. The number of nitrogens with two attached hydrogens (primary N) is 1. The summed E-state index contributed by atoms with van der Waals surface area (Å²) in [6.45, 7) is 1.82. The third-order valence-electron chi connectivity index (χ3n) is 2.59. The lowest BCUT2D eigenvalue weighted by Crippen LogP contribution is -2.19. The van der Waals surface area contributed by atoms with Crippen molar-refractivity contribution < 1.29 is 4.79 Å². The molecule has 1 aliphatic rings. The fourth-order valence-corrected chi connectivity index (χ4v) is 1.82. The van der Waals surface area contributed by atoms with Crippen LogP contribution in [-0.2, 0) is 6.42 Å². The van der Waals surface area contributed by atoms with E-state index in [2.05, 4.69) is 15.6 Å². The first-order chi connectivity index (χ1) is 8.24. The van der Waals surface area contributed by atoms with E-state index in [1.807, 2.05) is 24.3 Å². The van der Waals surface area contributed by atoms with E-state index in [0.29, 0.717) is 0 Å². The summed E-state index contributed by atoms with van der Waals surface area (Å²) in [5.74, 6) is 1.07. The molecule has 1 heterocycles. The van der Waals surface area contributed by atoms with Gasteiger partial charge in [0, 0.05) is 18.7 Å². The van der Waals surface area contributed by atoms with Crippen molar-refractivity contribution in [2.45, 2.75) is 12.8 Å². The molecule has 0 spiro atoms. The minimum atomic E-state index is -0.538. The zero-order valence-electron chi connectivity index (χ0n) is 9.57. The zero-order chi connectivity index (χ0) is 12.1. The molecule has 5 heteroatoms. The summed E-state index contributed by atoms with van der Waals surface area (Å²) >= 11 is 0. The van der Waals surface area contributed by atoms with Crippen LogP contribution < -0.4 is 16.4 Å². The Morgan fingerprint density at radius 2 is 2.35 bits per heavy atom. The van der Waals surface area contributed by atoms with Crippen molar-refractivity contribution in [3.63, 3.8) is 0 Å². The normalized spacial score (nSPS) is 14.0. The number of amides is 2. The molecule has 0 atom stereocenters. The first-order valence-electron chi connectivity index (χ1n) is 5.66. The third kappa shape index (κ3) is 3.48. The van der Waals surface area contributed by atoms with Crippen molar-refractivity contribution in [2.75, 3.05) is 18.4 Å². The summed E-state index contributed by atoms with van der Waals surface area (Å²) in [7, 11) is 0. The number of rotatable bonds is 4. The first kappa shape index (κ1) is 11.4. The van der Waals surface area contributed by atoms with Crippen LogP contribution in [0.3, 0.4) is 0 Å². The molecule has 90 valence electrons. The Bertz CT molecular complexity index is 442. The lowest BCUT2D eigenvalue weighted by atomic mass is 10.1. The van der Waals surface area contributed by atoms with E-state index < -0.39 is 6.03 Å². The van der Waals surface area contributed by atoms with Crippen LogP contribution in [-0.4, -0.2) is 25.0 Å². The summed E-state index contributed by atoms with van der Waals surface area (Å²) in [6.07, 6.45) is 1.81. The van der Waals surface area contributed by atoms with Gasteiger partial charge in [-0.05, 0) is 24.1 Å². The molecule has 0 fully saturated rings. The van der Waals surface area contributed by atoms with Crippen molar-refractivity contribution in [1.82, 2.24) is 5.32 Å². The van der Waals surface area contributed by atoms with Crippen LogP contribution >= 0.6 is 0 Å². The van der Waals surface area contributed by atoms with Gasteiger partial charge in [0.1, 0.15) is 0 Å². The van der Waals surface area contributed by atoms with Gasteiger partial charge in [0.25, 0.3) is 0 Å². The third-order valence-corrected chi connectivity index (χ3v) is 2.59. The van der Waals surface area contributed by atoms with Crippen molar-refractivity contribution in [3.05, 3.63) is 29.8 Å². The average Bonchev–Trinajstić information content (AvgIpc) is 2.79. The lowest BCUT2D eigenvalue weighted by Gasteiger charge is -2.06. The number of benzene rings is 1. The van der Waals surface area contributed by atoms with Gasteiger partial charge in [-0.2, -0.15) is 0 Å². The Balaban J connectivity index is 1.93. The molecule has 0 radical (unpaired) electrons. The molecule has 0 bridgehead atoms. The Hall–Kier alpha value is -2.04. The van der Waals surface area contributed by atoms with Crippen molar-refractivity contribution in [1.29, 1.82) is 0 Å². The Morgan fingerprint density at radius 1 is 1.47 bits per heavy atom. The van der Waals surface area contributed by atoms with Crippen LogP contribution in [0, 0.1) is 0 Å². The molecule has 2 rings (SSSR count). The second kappa shape index (κ2) is 5.34. The number of hydrogen-bond acceptors (Lipinski definition) is 3. The molecular formula is C12H16N4O. The van der Waals surface area contributed by atoms with E-state index in [4.69, 9.17) is 5.73 Å². The van der Waals surface area contributed by atoms with Gasteiger partial charge in [0.2, 0.25) is 0 Å². The number of nitrogens with zero attached hydrogens (tertiary/aromatic N) is 1. The smallest absolute Gasteiger partial charge is 0.316 e. The molecule has 2 amide bonds. The Kier molecular flexibility index (Phi) is 3.59. The second-order valence-electron chi connectivity index (χ2n) is 3.94. The number of amidine groups is 1. The maximum absolute atomic E-state index is 10.7. The van der Waals surface area contributed by atoms with E-state index >= 15 is 0 Å². The number of nitrogens with one attached hydrogen (secondary N) is 2. The SMILES string of the molecule is NC(=O)Nc1cccc(CCC2=NCCN2)c1. The van der Waals surface area contributed by atoms with Gasteiger partial charge in [0.05, 0.1) is 12.4 Å². The monoisotopic (exact) mass is 232 g/mol. The molecule has 0 aromatic heterocycles. The number of carbonyl (C=O) groups is 1. The number of hydrogen-bond donors (Lipinski definition) is 3. The van der Waals surface area contributed by atoms with Gasteiger partial charge in [-0.3, -0.25) is 4.99 Å². The largest absolute Gasteiger partial charge is 0.372 e. The van der Waals surface area contributed by atoms with Crippen molar-refractivity contribution >= 4 is 17.6 Å². The van der Waals surface area contributed by atoms with Crippen LogP contribution in [0.2, 0.25) is 0 Å². The average molecular weight is 232 g/mol. The minimum Gasteiger partial charge on any atom is -0.372 e. The Morgan fingerprint density at radius 3 is 3.06 bits per heavy atom. The van der Waals surface area contributed by atoms with Crippen LogP contribution in [0.25, 0.3) is 0 Å². The van der Waals surface area contributed by atoms with E-state index in [9.17, 15) is 4.79 Å². The molecule has 5 nitrogen and oxygen atoms in total. The van der Waals surface area contributed by atoms with Crippen LogP contribution in [0.1, 0.15) is 12.0 Å². The van der Waals surface area contributed by atoms with Gasteiger partial charge < -0.3 is 16.4 Å². The van der Waals surface area contributed by atoms with E-state index in [1.54, 1.807) is 0 Å². The fourth-order valence-electron chi connectivity index (χ4n) is 1.82. The predicted octanol–water partition coefficient (Wildman–Crippen LogP) is 1.11. The van der Waals surface area contributed by atoms with E-state index in [-0.39, 0.29) is 0 Å². The number of anilines is 1. The topological polar surface area (TPSA) is 79.5 Å². The van der Waals surface area contributed by atoms with Crippen LogP contribution in [0.4, 0.5) is 10.5 Å². The minimum absolute atomic E-state index is 0.538. The summed E-state index contributed by atoms with van der Waals surface area (Å²) in [5, 5.41) is 5.80. The number of carbonyl (C=O) groups excluding carboxylic acids is 1.